The Kier molecular flexibility index (Phi) is 3.35. The fourth-order valence-electron chi connectivity index (χ4n) is 1.99. The number of esters is 1. The first-order valence-corrected chi connectivity index (χ1v) is 5.87. The highest BCUT2D eigenvalue weighted by atomic mass is 16.5. The Bertz CT molecular complexity index is 798. The smallest absolute Gasteiger partial charge is 0.332 e. The molecule has 0 aliphatic heterocycles. The molecular formula is C11H15N5O4. The second kappa shape index (κ2) is 4.83. The van der Waals surface area contributed by atoms with Crippen molar-refractivity contribution in [3.05, 3.63) is 20.8 Å². The fourth-order valence-corrected chi connectivity index (χ4v) is 1.99. The topological polar surface area (TPSA) is 114 Å². The maximum Gasteiger partial charge on any atom is 0.332 e. The van der Waals surface area contributed by atoms with Gasteiger partial charge in [-0.3, -0.25) is 18.7 Å². The zero-order valence-electron chi connectivity index (χ0n) is 11.4. The van der Waals surface area contributed by atoms with Crippen LogP contribution >= 0.6 is 0 Å². The number of nitrogens with zero attached hydrogens (tertiary/aromatic N) is 4. The van der Waals surface area contributed by atoms with E-state index in [4.69, 9.17) is 5.73 Å². The Hall–Kier alpha value is -2.58. The minimum Gasteiger partial charge on any atom is -0.469 e. The highest BCUT2D eigenvalue weighted by Gasteiger charge is 2.18. The molecule has 9 nitrogen and oxygen atoms in total. The van der Waals surface area contributed by atoms with Gasteiger partial charge < -0.3 is 15.0 Å². The first-order chi connectivity index (χ1) is 9.38. The molecule has 0 aromatic carbocycles. The van der Waals surface area contributed by atoms with Gasteiger partial charge in [0.25, 0.3) is 5.56 Å². The van der Waals surface area contributed by atoms with Crippen LogP contribution in [0.3, 0.4) is 0 Å². The number of carbonyl (C=O) groups excluding carboxylic acids is 1. The number of fused-ring (bicyclic) bond motifs is 1. The van der Waals surface area contributed by atoms with Crippen molar-refractivity contribution >= 4 is 23.1 Å². The minimum atomic E-state index is -0.503. The normalized spacial score (nSPS) is 10.9. The molecule has 0 radical (unpaired) electrons. The van der Waals surface area contributed by atoms with E-state index in [1.807, 2.05) is 0 Å². The molecule has 2 heterocycles. The Labute approximate surface area is 113 Å². The highest BCUT2D eigenvalue weighted by molar-refractivity contribution is 5.74. The number of carbonyl (C=O) groups is 1. The molecule has 0 aliphatic carbocycles. The van der Waals surface area contributed by atoms with E-state index in [-0.39, 0.29) is 30.1 Å². The number of aryl methyl sites for hydroxylation is 2. The van der Waals surface area contributed by atoms with Crippen molar-refractivity contribution in [3.63, 3.8) is 0 Å². The predicted octanol–water partition coefficient (Wildman–Crippen LogP) is -1.42. The average molecular weight is 281 g/mol. The Balaban J connectivity index is 2.68. The first kappa shape index (κ1) is 13.8. The zero-order valence-corrected chi connectivity index (χ0v) is 11.4. The molecule has 2 aromatic heterocycles. The molecule has 0 unspecified atom stereocenters. The lowest BCUT2D eigenvalue weighted by Crippen LogP contribution is -2.37. The lowest BCUT2D eigenvalue weighted by atomic mass is 10.4. The summed E-state index contributed by atoms with van der Waals surface area (Å²) in [4.78, 5) is 39.2. The van der Waals surface area contributed by atoms with Gasteiger partial charge in [-0.1, -0.05) is 0 Å². The molecule has 2 rings (SSSR count). The first-order valence-electron chi connectivity index (χ1n) is 5.87. The van der Waals surface area contributed by atoms with E-state index < -0.39 is 17.2 Å². The molecule has 9 heteroatoms. The summed E-state index contributed by atoms with van der Waals surface area (Å²) in [7, 11) is 4.15. The van der Waals surface area contributed by atoms with Crippen molar-refractivity contribution in [1.82, 2.24) is 18.7 Å². The third kappa shape index (κ3) is 1.96. The van der Waals surface area contributed by atoms with Crippen molar-refractivity contribution in [2.24, 2.45) is 14.1 Å². The summed E-state index contributed by atoms with van der Waals surface area (Å²) in [5.74, 6) is -0.352. The molecule has 0 atom stereocenters. The van der Waals surface area contributed by atoms with Gasteiger partial charge in [0.05, 0.1) is 13.5 Å². The predicted molar refractivity (Wildman–Crippen MR) is 71.3 cm³/mol. The zero-order chi connectivity index (χ0) is 15.0. The molecule has 0 bridgehead atoms. The van der Waals surface area contributed by atoms with Crippen LogP contribution in [-0.2, 0) is 30.2 Å². The second-order valence-electron chi connectivity index (χ2n) is 4.33. The number of nitrogens with two attached hydrogens (primary N) is 1. The van der Waals surface area contributed by atoms with Crippen molar-refractivity contribution in [2.75, 3.05) is 12.8 Å². The molecule has 0 aliphatic rings. The lowest BCUT2D eigenvalue weighted by molar-refractivity contribution is -0.140. The maximum atomic E-state index is 12.2. The monoisotopic (exact) mass is 281 g/mol. The summed E-state index contributed by atoms with van der Waals surface area (Å²) in [6.45, 7) is 0.155. The molecule has 0 spiro atoms. The van der Waals surface area contributed by atoms with Crippen LogP contribution in [0.1, 0.15) is 6.42 Å². The third-order valence-corrected chi connectivity index (χ3v) is 3.14. The van der Waals surface area contributed by atoms with Crippen molar-refractivity contribution < 1.29 is 9.53 Å². The number of hydrogen-bond acceptors (Lipinski definition) is 6. The van der Waals surface area contributed by atoms with Crippen LogP contribution in [0.4, 0.5) is 5.95 Å². The average Bonchev–Trinajstić information content (AvgIpc) is 2.77. The molecule has 0 fully saturated rings. The molecule has 20 heavy (non-hydrogen) atoms. The van der Waals surface area contributed by atoms with Gasteiger partial charge in [-0.2, -0.15) is 4.98 Å². The largest absolute Gasteiger partial charge is 0.469 e. The summed E-state index contributed by atoms with van der Waals surface area (Å²) in [5.41, 5.74) is 5.15. The van der Waals surface area contributed by atoms with Gasteiger partial charge in [-0.25, -0.2) is 4.79 Å². The van der Waals surface area contributed by atoms with Crippen LogP contribution < -0.4 is 17.0 Å². The van der Waals surface area contributed by atoms with Crippen LogP contribution in [0.15, 0.2) is 9.59 Å². The molecule has 2 aromatic rings. The molecule has 108 valence electrons. The highest BCUT2D eigenvalue weighted by Crippen LogP contribution is 2.13. The maximum absolute atomic E-state index is 12.2. The number of rotatable bonds is 3. The second-order valence-corrected chi connectivity index (χ2v) is 4.33. The number of anilines is 1. The van der Waals surface area contributed by atoms with Gasteiger partial charge in [-0.05, 0) is 0 Å². The van der Waals surface area contributed by atoms with E-state index in [1.54, 1.807) is 0 Å². The van der Waals surface area contributed by atoms with E-state index in [0.29, 0.717) is 0 Å². The lowest BCUT2D eigenvalue weighted by Gasteiger charge is -2.06. The van der Waals surface area contributed by atoms with E-state index in [1.165, 1.54) is 30.3 Å². The minimum absolute atomic E-state index is 0.0537. The Morgan fingerprint density at radius 1 is 1.30 bits per heavy atom. The summed E-state index contributed by atoms with van der Waals surface area (Å²) in [6, 6.07) is 0. The molecule has 0 amide bonds. The number of methoxy groups -OCH3 is 1. The van der Waals surface area contributed by atoms with Crippen LogP contribution in [0.25, 0.3) is 11.2 Å². The van der Waals surface area contributed by atoms with Crippen molar-refractivity contribution in [1.29, 1.82) is 0 Å². The fraction of sp³-hybridized carbons (Fsp3) is 0.455. The summed E-state index contributed by atoms with van der Waals surface area (Å²) < 4.78 is 8.16. The number of imidazole rings is 1. The van der Waals surface area contributed by atoms with Crippen molar-refractivity contribution in [2.45, 2.75) is 13.0 Å². The van der Waals surface area contributed by atoms with Crippen LogP contribution in [0, 0.1) is 0 Å². The SMILES string of the molecule is COC(=O)CCn1c(N)nc2c1c(=O)n(C)c(=O)n2C. The Morgan fingerprint density at radius 3 is 2.55 bits per heavy atom. The number of aromatic nitrogens is 4. The summed E-state index contributed by atoms with van der Waals surface area (Å²) in [6.07, 6.45) is 0.0537. The van der Waals surface area contributed by atoms with Gasteiger partial charge in [0, 0.05) is 20.6 Å². The Morgan fingerprint density at radius 2 is 1.95 bits per heavy atom. The summed E-state index contributed by atoms with van der Waals surface area (Å²) in [5, 5.41) is 0. The third-order valence-electron chi connectivity index (χ3n) is 3.14. The quantitative estimate of drug-likeness (QED) is 0.690. The van der Waals surface area contributed by atoms with Gasteiger partial charge in [0.2, 0.25) is 5.95 Å². The van der Waals surface area contributed by atoms with Gasteiger partial charge >= 0.3 is 11.7 Å². The molecule has 0 saturated carbocycles. The van der Waals surface area contributed by atoms with E-state index in [2.05, 4.69) is 9.72 Å². The van der Waals surface area contributed by atoms with Gasteiger partial charge in [-0.15, -0.1) is 0 Å². The van der Waals surface area contributed by atoms with Gasteiger partial charge in [0.15, 0.2) is 11.2 Å². The molecule has 0 saturated heterocycles. The van der Waals surface area contributed by atoms with Crippen LogP contribution in [0.5, 0.6) is 0 Å². The van der Waals surface area contributed by atoms with Crippen molar-refractivity contribution in [3.8, 4) is 0 Å². The van der Waals surface area contributed by atoms with Crippen LogP contribution in [0.2, 0.25) is 0 Å². The van der Waals surface area contributed by atoms with Gasteiger partial charge in [0.1, 0.15) is 0 Å². The van der Waals surface area contributed by atoms with E-state index in [9.17, 15) is 14.4 Å². The van der Waals surface area contributed by atoms with E-state index in [0.717, 1.165) is 4.57 Å². The number of nitrogen functional groups attached to an aromatic ring is 1. The van der Waals surface area contributed by atoms with E-state index >= 15 is 0 Å². The number of hydrogen-bond donors (Lipinski definition) is 1. The standard InChI is InChI=1S/C11H15N5O4/c1-14-8-7(9(18)15(2)11(14)19)16(10(12)13-8)5-4-6(17)20-3/h4-5H2,1-3H3,(H2,12,13). The summed E-state index contributed by atoms with van der Waals surface area (Å²) >= 11 is 0. The molecule has 2 N–H and O–H groups in total. The molecular weight excluding hydrogens is 266 g/mol. The van der Waals surface area contributed by atoms with Crippen LogP contribution in [-0.4, -0.2) is 31.8 Å². The number of ether oxygens (including phenoxy) is 1.